The van der Waals surface area contributed by atoms with Crippen LogP contribution in [0.5, 0.6) is 0 Å². The second kappa shape index (κ2) is 5.44. The Kier molecular flexibility index (Phi) is 3.85. The van der Waals surface area contributed by atoms with Crippen LogP contribution in [0.3, 0.4) is 0 Å². The molecule has 1 aliphatic heterocycles. The number of thiazole rings is 1. The molecule has 2 fully saturated rings. The molecule has 104 valence electrons. The average Bonchev–Trinajstić information content (AvgIpc) is 2.99. The molecule has 5 heteroatoms. The van der Waals surface area contributed by atoms with Crippen LogP contribution in [0, 0.1) is 12.8 Å². The lowest BCUT2D eigenvalue weighted by atomic mass is 9.78. The molecule has 0 aromatic carbocycles. The normalized spacial score (nSPS) is 32.9. The molecule has 0 radical (unpaired) electrons. The van der Waals surface area contributed by atoms with E-state index in [-0.39, 0.29) is 0 Å². The minimum absolute atomic E-state index is 0.346. The third-order valence-corrected chi connectivity index (χ3v) is 6.42. The van der Waals surface area contributed by atoms with Gasteiger partial charge in [-0.05, 0) is 38.5 Å². The van der Waals surface area contributed by atoms with Gasteiger partial charge in [0.25, 0.3) is 0 Å². The fourth-order valence-corrected chi connectivity index (χ4v) is 4.72. The monoisotopic (exact) mass is 295 g/mol. The molecule has 0 atom stereocenters. The Bertz CT molecular complexity index is 473. The highest BCUT2D eigenvalue weighted by molar-refractivity contribution is 8.14. The zero-order chi connectivity index (χ0) is 13.3. The summed E-state index contributed by atoms with van der Waals surface area (Å²) in [6.07, 6.45) is 5.32. The number of nitrogens with zero attached hydrogens (tertiary/aromatic N) is 2. The van der Waals surface area contributed by atoms with Crippen molar-refractivity contribution < 1.29 is 0 Å². The van der Waals surface area contributed by atoms with E-state index in [1.54, 1.807) is 11.3 Å². The van der Waals surface area contributed by atoms with Gasteiger partial charge in [0.15, 0.2) is 5.17 Å². The summed E-state index contributed by atoms with van der Waals surface area (Å²) >= 11 is 3.60. The van der Waals surface area contributed by atoms with Gasteiger partial charge in [-0.25, -0.2) is 4.98 Å². The van der Waals surface area contributed by atoms with Crippen molar-refractivity contribution in [2.75, 3.05) is 5.75 Å². The van der Waals surface area contributed by atoms with Crippen molar-refractivity contribution >= 4 is 28.3 Å². The van der Waals surface area contributed by atoms with Gasteiger partial charge in [0.2, 0.25) is 0 Å². The molecule has 1 aromatic rings. The van der Waals surface area contributed by atoms with E-state index in [4.69, 9.17) is 4.99 Å². The number of hydrogen-bond acceptors (Lipinski definition) is 4. The van der Waals surface area contributed by atoms with Crippen LogP contribution in [-0.4, -0.2) is 21.4 Å². The van der Waals surface area contributed by atoms with Crippen molar-refractivity contribution in [3.05, 3.63) is 16.1 Å². The molecule has 1 aliphatic carbocycles. The fraction of sp³-hybridized carbons (Fsp3) is 0.714. The summed E-state index contributed by atoms with van der Waals surface area (Å²) in [5, 5.41) is 4.85. The summed E-state index contributed by atoms with van der Waals surface area (Å²) in [6, 6.07) is 0. The van der Waals surface area contributed by atoms with Crippen LogP contribution in [0.25, 0.3) is 0 Å². The third kappa shape index (κ3) is 2.97. The number of aryl methyl sites for hydroxylation is 1. The number of thioether (sulfide) groups is 1. The van der Waals surface area contributed by atoms with Gasteiger partial charge in [-0.15, -0.1) is 11.3 Å². The predicted octanol–water partition coefficient (Wildman–Crippen LogP) is 3.59. The lowest BCUT2D eigenvalue weighted by Crippen LogP contribution is -2.46. The standard InChI is InChI=1S/C14H21N3S2/c1-10-3-5-14(6-4-10)8-18-13(17-14)15-7-12-11(2)16-9-19-12/h9-10H,3-8H2,1-2H3,(H,15,17). The summed E-state index contributed by atoms with van der Waals surface area (Å²) in [6.45, 7) is 5.21. The van der Waals surface area contributed by atoms with Crippen molar-refractivity contribution in [3.63, 3.8) is 0 Å². The molecule has 0 bridgehead atoms. The van der Waals surface area contributed by atoms with Gasteiger partial charge in [0.05, 0.1) is 17.7 Å². The Balaban J connectivity index is 1.61. The summed E-state index contributed by atoms with van der Waals surface area (Å²) in [4.78, 5) is 10.3. The summed E-state index contributed by atoms with van der Waals surface area (Å²) in [7, 11) is 0. The van der Waals surface area contributed by atoms with Crippen LogP contribution in [0.4, 0.5) is 0 Å². The van der Waals surface area contributed by atoms with E-state index in [1.165, 1.54) is 36.3 Å². The Morgan fingerprint density at radius 2 is 2.26 bits per heavy atom. The van der Waals surface area contributed by atoms with Gasteiger partial charge in [-0.2, -0.15) is 0 Å². The highest BCUT2D eigenvalue weighted by atomic mass is 32.2. The second-order valence-corrected chi connectivity index (χ2v) is 7.76. The number of aliphatic imine (C=N–C) groups is 1. The van der Waals surface area contributed by atoms with Gasteiger partial charge in [-0.1, -0.05) is 18.7 Å². The Labute approximate surface area is 123 Å². The van der Waals surface area contributed by atoms with Crippen molar-refractivity contribution in [3.8, 4) is 0 Å². The first-order chi connectivity index (χ1) is 9.17. The smallest absolute Gasteiger partial charge is 0.157 e. The molecule has 0 amide bonds. The Morgan fingerprint density at radius 3 is 2.95 bits per heavy atom. The van der Waals surface area contributed by atoms with E-state index in [9.17, 15) is 0 Å². The van der Waals surface area contributed by atoms with Crippen molar-refractivity contribution in [1.29, 1.82) is 0 Å². The maximum atomic E-state index is 4.73. The molecular formula is C14H21N3S2. The maximum Gasteiger partial charge on any atom is 0.157 e. The fourth-order valence-electron chi connectivity index (χ4n) is 2.80. The molecule has 2 aliphatic rings. The van der Waals surface area contributed by atoms with Gasteiger partial charge >= 0.3 is 0 Å². The first-order valence-electron chi connectivity index (χ1n) is 7.01. The largest absolute Gasteiger partial charge is 0.359 e. The molecule has 1 spiro atoms. The predicted molar refractivity (Wildman–Crippen MR) is 83.9 cm³/mol. The van der Waals surface area contributed by atoms with Gasteiger partial charge in [0.1, 0.15) is 0 Å². The third-order valence-electron chi connectivity index (χ3n) is 4.30. The number of amidine groups is 1. The van der Waals surface area contributed by atoms with E-state index in [0.717, 1.165) is 23.3 Å². The van der Waals surface area contributed by atoms with Crippen LogP contribution in [0.2, 0.25) is 0 Å². The molecule has 1 saturated heterocycles. The zero-order valence-corrected chi connectivity index (χ0v) is 13.2. The molecule has 1 N–H and O–H groups in total. The van der Waals surface area contributed by atoms with E-state index in [2.05, 4.69) is 24.1 Å². The quantitative estimate of drug-likeness (QED) is 0.906. The molecule has 1 aromatic heterocycles. The van der Waals surface area contributed by atoms with E-state index < -0.39 is 0 Å². The van der Waals surface area contributed by atoms with Crippen LogP contribution in [0.1, 0.15) is 43.2 Å². The molecule has 1 saturated carbocycles. The molecular weight excluding hydrogens is 274 g/mol. The number of hydrogen-bond donors (Lipinski definition) is 1. The molecule has 19 heavy (non-hydrogen) atoms. The lowest BCUT2D eigenvalue weighted by molar-refractivity contribution is 0.251. The van der Waals surface area contributed by atoms with Crippen LogP contribution < -0.4 is 5.32 Å². The highest BCUT2D eigenvalue weighted by Crippen LogP contribution is 2.38. The van der Waals surface area contributed by atoms with Crippen LogP contribution in [0.15, 0.2) is 10.5 Å². The van der Waals surface area contributed by atoms with Crippen molar-refractivity contribution in [2.24, 2.45) is 10.9 Å². The number of nitrogens with one attached hydrogen (secondary N) is 1. The number of rotatable bonds is 2. The molecule has 3 rings (SSSR count). The van der Waals surface area contributed by atoms with Crippen LogP contribution >= 0.6 is 23.1 Å². The Hall–Kier alpha value is -0.550. The second-order valence-electron chi connectivity index (χ2n) is 5.86. The highest BCUT2D eigenvalue weighted by Gasteiger charge is 2.39. The topological polar surface area (TPSA) is 37.3 Å². The lowest BCUT2D eigenvalue weighted by Gasteiger charge is -2.35. The van der Waals surface area contributed by atoms with E-state index in [1.807, 2.05) is 17.3 Å². The first-order valence-corrected chi connectivity index (χ1v) is 8.88. The molecule has 0 unspecified atom stereocenters. The van der Waals surface area contributed by atoms with Crippen LogP contribution in [-0.2, 0) is 6.54 Å². The molecule has 3 nitrogen and oxygen atoms in total. The minimum atomic E-state index is 0.346. The maximum absolute atomic E-state index is 4.73. The van der Waals surface area contributed by atoms with Crippen molar-refractivity contribution in [2.45, 2.75) is 51.6 Å². The SMILES string of the molecule is Cc1ncsc1CN=C1NC2(CCC(C)CC2)CS1. The Morgan fingerprint density at radius 1 is 1.47 bits per heavy atom. The molecule has 2 heterocycles. The summed E-state index contributed by atoms with van der Waals surface area (Å²) in [5.74, 6) is 2.10. The van der Waals surface area contributed by atoms with Gasteiger partial charge < -0.3 is 5.32 Å². The minimum Gasteiger partial charge on any atom is -0.359 e. The van der Waals surface area contributed by atoms with Crippen molar-refractivity contribution in [1.82, 2.24) is 10.3 Å². The van der Waals surface area contributed by atoms with Gasteiger partial charge in [0, 0.05) is 16.2 Å². The van der Waals surface area contributed by atoms with Gasteiger partial charge in [-0.3, -0.25) is 4.99 Å². The first kappa shape index (κ1) is 13.4. The van der Waals surface area contributed by atoms with E-state index >= 15 is 0 Å². The summed E-state index contributed by atoms with van der Waals surface area (Å²) in [5.41, 5.74) is 3.38. The summed E-state index contributed by atoms with van der Waals surface area (Å²) < 4.78 is 0. The number of aromatic nitrogens is 1. The zero-order valence-electron chi connectivity index (χ0n) is 11.6. The van der Waals surface area contributed by atoms with E-state index in [0.29, 0.717) is 5.54 Å². The average molecular weight is 295 g/mol.